The molecule has 2 aromatic heterocycles. The summed E-state index contributed by atoms with van der Waals surface area (Å²) in [6.45, 7) is 5.31. The van der Waals surface area contributed by atoms with E-state index in [0.717, 1.165) is 15.1 Å². The van der Waals surface area contributed by atoms with E-state index in [2.05, 4.69) is 25.3 Å². The van der Waals surface area contributed by atoms with E-state index in [-0.39, 0.29) is 41.0 Å². The number of carbonyl (C=O) groups is 2. The number of nitrogens with zero attached hydrogens (tertiary/aromatic N) is 8. The predicted octanol–water partition coefficient (Wildman–Crippen LogP) is 5.23. The Hall–Kier alpha value is -5.47. The first-order valence-electron chi connectivity index (χ1n) is 11.8. The molecule has 4 rings (SSSR count). The molecule has 2 heterocycles. The van der Waals surface area contributed by atoms with Crippen LogP contribution in [0.1, 0.15) is 26.3 Å². The number of hydrogen-bond acceptors (Lipinski definition) is 12. The number of benzene rings is 2. The second-order valence-corrected chi connectivity index (χ2v) is 9.20. The summed E-state index contributed by atoms with van der Waals surface area (Å²) < 4.78 is 17.5. The van der Waals surface area contributed by atoms with Gasteiger partial charge in [-0.2, -0.15) is 15.0 Å². The van der Waals surface area contributed by atoms with Gasteiger partial charge >= 0.3 is 12.2 Å². The number of carbonyl (C=O) groups excluding carboxylic acids is 2. The molecule has 4 aromatic rings. The van der Waals surface area contributed by atoms with Gasteiger partial charge in [0.2, 0.25) is 5.88 Å². The molecular formula is C25H24N8O7. The largest absolute Gasteiger partial charge is 0.471 e. The first-order valence-corrected chi connectivity index (χ1v) is 11.8. The molecule has 15 nitrogen and oxygen atoms in total. The van der Waals surface area contributed by atoms with E-state index in [9.17, 15) is 19.7 Å². The predicted molar refractivity (Wildman–Crippen MR) is 139 cm³/mol. The maximum atomic E-state index is 12.8. The maximum absolute atomic E-state index is 12.8. The first kappa shape index (κ1) is 27.6. The third-order valence-corrected chi connectivity index (χ3v) is 4.95. The van der Waals surface area contributed by atoms with E-state index in [1.54, 1.807) is 20.8 Å². The fourth-order valence-corrected chi connectivity index (χ4v) is 3.13. The van der Waals surface area contributed by atoms with Crippen LogP contribution in [-0.2, 0) is 11.3 Å². The van der Waals surface area contributed by atoms with Crippen LogP contribution in [0, 0.1) is 10.1 Å². The number of rotatable bonds is 7. The molecule has 40 heavy (non-hydrogen) atoms. The SMILES string of the molecule is CN(/N=N/c1nc(OCc2ccccc2)c2ncn(C(=O)OC(C)(C)C)c2n1)C(=O)Oc1ccc([N+](=O)[O-])cc1. The lowest BCUT2D eigenvalue weighted by atomic mass is 10.2. The molecule has 1 amide bonds. The van der Waals surface area contributed by atoms with Gasteiger partial charge in [-0.1, -0.05) is 40.7 Å². The molecule has 0 unspecified atom stereocenters. The summed E-state index contributed by atoms with van der Waals surface area (Å²) in [5.74, 6) is -0.148. The lowest BCUT2D eigenvalue weighted by Gasteiger charge is -2.19. The standard InChI is InChI=1S/C25H24N8O7/c1-25(2,3)40-24(35)32-15-26-19-20(32)27-22(28-21(19)38-14-16-8-6-5-7-9-16)29-30-31(4)23(34)39-18-12-10-17(11-13-18)33(36)37/h5-13,15H,14H2,1-4H3/b30-29+. The van der Waals surface area contributed by atoms with Crippen LogP contribution in [-0.4, -0.2) is 54.3 Å². The average molecular weight is 549 g/mol. The van der Waals surface area contributed by atoms with Gasteiger partial charge in [0.05, 0.1) is 4.92 Å². The van der Waals surface area contributed by atoms with E-state index in [1.165, 1.54) is 37.6 Å². The van der Waals surface area contributed by atoms with Gasteiger partial charge in [-0.15, -0.1) is 0 Å². The van der Waals surface area contributed by atoms with Crippen molar-refractivity contribution in [1.29, 1.82) is 0 Å². The van der Waals surface area contributed by atoms with E-state index in [0.29, 0.717) is 0 Å². The molecule has 0 fully saturated rings. The Labute approximate surface area is 227 Å². The Morgan fingerprint density at radius 3 is 2.42 bits per heavy atom. The number of ether oxygens (including phenoxy) is 3. The minimum absolute atomic E-state index is 0.0289. The van der Waals surface area contributed by atoms with Gasteiger partial charge in [0.15, 0.2) is 11.2 Å². The molecule has 0 aliphatic heterocycles. The first-order chi connectivity index (χ1) is 19.0. The Kier molecular flexibility index (Phi) is 7.93. The van der Waals surface area contributed by atoms with Gasteiger partial charge in [0.25, 0.3) is 11.6 Å². The van der Waals surface area contributed by atoms with Crippen molar-refractivity contribution in [3.05, 3.63) is 76.6 Å². The minimum Gasteiger partial charge on any atom is -0.471 e. The number of nitro groups is 1. The van der Waals surface area contributed by atoms with Gasteiger partial charge < -0.3 is 14.2 Å². The van der Waals surface area contributed by atoms with E-state index in [1.807, 2.05) is 30.3 Å². The third kappa shape index (κ3) is 6.89. The van der Waals surface area contributed by atoms with E-state index >= 15 is 0 Å². The highest BCUT2D eigenvalue weighted by Crippen LogP contribution is 2.26. The maximum Gasteiger partial charge on any atom is 0.436 e. The zero-order valence-electron chi connectivity index (χ0n) is 21.9. The van der Waals surface area contributed by atoms with Crippen molar-refractivity contribution < 1.29 is 28.7 Å². The van der Waals surface area contributed by atoms with Crippen molar-refractivity contribution in [1.82, 2.24) is 24.5 Å². The lowest BCUT2D eigenvalue weighted by Crippen LogP contribution is -2.27. The molecule has 0 saturated carbocycles. The summed E-state index contributed by atoms with van der Waals surface area (Å²) in [5, 5.41) is 19.2. The van der Waals surface area contributed by atoms with Crippen LogP contribution in [0.2, 0.25) is 0 Å². The molecule has 0 N–H and O–H groups in total. The smallest absolute Gasteiger partial charge is 0.436 e. The summed E-state index contributed by atoms with van der Waals surface area (Å²) in [4.78, 5) is 48.1. The Balaban J connectivity index is 1.59. The van der Waals surface area contributed by atoms with Gasteiger partial charge in [0.1, 0.15) is 24.3 Å². The number of hydrogen-bond donors (Lipinski definition) is 0. The number of aromatic nitrogens is 4. The number of fused-ring (bicyclic) bond motifs is 1. The molecule has 206 valence electrons. The third-order valence-electron chi connectivity index (χ3n) is 4.95. The minimum atomic E-state index is -0.932. The van der Waals surface area contributed by atoms with Crippen molar-refractivity contribution in [2.24, 2.45) is 10.3 Å². The number of amides is 1. The van der Waals surface area contributed by atoms with Crippen LogP contribution < -0.4 is 9.47 Å². The molecule has 0 aliphatic rings. The zero-order chi connectivity index (χ0) is 28.9. The van der Waals surface area contributed by atoms with Crippen molar-refractivity contribution in [2.75, 3.05) is 7.05 Å². The molecule has 0 atom stereocenters. The Morgan fingerprint density at radius 2 is 1.77 bits per heavy atom. The van der Waals surface area contributed by atoms with Crippen molar-refractivity contribution in [3.8, 4) is 11.6 Å². The van der Waals surface area contributed by atoms with Crippen LogP contribution in [0.25, 0.3) is 11.2 Å². The topological polar surface area (TPSA) is 177 Å². The second-order valence-electron chi connectivity index (χ2n) is 9.20. The normalized spacial score (nSPS) is 11.4. The molecule has 0 spiro atoms. The average Bonchev–Trinajstić information content (AvgIpc) is 3.34. The van der Waals surface area contributed by atoms with Crippen LogP contribution in [0.3, 0.4) is 0 Å². The highest BCUT2D eigenvalue weighted by Gasteiger charge is 2.23. The van der Waals surface area contributed by atoms with Crippen molar-refractivity contribution >= 4 is 35.0 Å². The van der Waals surface area contributed by atoms with Crippen molar-refractivity contribution in [3.63, 3.8) is 0 Å². The quantitative estimate of drug-likeness (QED) is 0.169. The van der Waals surface area contributed by atoms with Gasteiger partial charge in [-0.3, -0.25) is 10.1 Å². The zero-order valence-corrected chi connectivity index (χ0v) is 21.9. The summed E-state index contributed by atoms with van der Waals surface area (Å²) in [7, 11) is 1.27. The molecule has 2 aromatic carbocycles. The van der Waals surface area contributed by atoms with Crippen LogP contribution in [0.15, 0.2) is 71.3 Å². The van der Waals surface area contributed by atoms with Crippen molar-refractivity contribution in [2.45, 2.75) is 33.0 Å². The van der Waals surface area contributed by atoms with Crippen LogP contribution in [0.4, 0.5) is 21.2 Å². The summed E-state index contributed by atoms with van der Waals surface area (Å²) in [5.41, 5.74) is 0.167. The summed E-state index contributed by atoms with van der Waals surface area (Å²) in [6, 6.07) is 14.2. The molecule has 15 heteroatoms. The van der Waals surface area contributed by atoms with E-state index < -0.39 is 22.7 Å². The molecule has 0 bridgehead atoms. The Morgan fingerprint density at radius 1 is 1.07 bits per heavy atom. The number of imidazole rings is 1. The van der Waals surface area contributed by atoms with Crippen LogP contribution in [0.5, 0.6) is 11.6 Å². The summed E-state index contributed by atoms with van der Waals surface area (Å²) in [6.07, 6.45) is -0.426. The van der Waals surface area contributed by atoms with Gasteiger partial charge in [-0.25, -0.2) is 19.1 Å². The van der Waals surface area contributed by atoms with Crippen LogP contribution >= 0.6 is 0 Å². The monoisotopic (exact) mass is 548 g/mol. The lowest BCUT2D eigenvalue weighted by molar-refractivity contribution is -0.384. The molecule has 0 radical (unpaired) electrons. The second kappa shape index (κ2) is 11.5. The number of non-ortho nitro benzene ring substituents is 1. The highest BCUT2D eigenvalue weighted by molar-refractivity contribution is 5.87. The van der Waals surface area contributed by atoms with Gasteiger partial charge in [0, 0.05) is 19.2 Å². The van der Waals surface area contributed by atoms with E-state index in [4.69, 9.17) is 14.2 Å². The van der Waals surface area contributed by atoms with Gasteiger partial charge in [-0.05, 0) is 38.5 Å². The molecule has 0 aliphatic carbocycles. The fourth-order valence-electron chi connectivity index (χ4n) is 3.13. The Bertz CT molecular complexity index is 1560. The molecule has 0 saturated heterocycles. The number of nitro benzene ring substituents is 1. The molecular weight excluding hydrogens is 524 g/mol. The summed E-state index contributed by atoms with van der Waals surface area (Å²) >= 11 is 0. The highest BCUT2D eigenvalue weighted by atomic mass is 16.6. The fraction of sp³-hybridized carbons (Fsp3) is 0.240.